The molecule has 7 heteroatoms. The van der Waals surface area contributed by atoms with Crippen LogP contribution in [0, 0.1) is 0 Å². The van der Waals surface area contributed by atoms with Crippen molar-refractivity contribution in [2.45, 2.75) is 38.9 Å². The molecule has 1 fully saturated rings. The van der Waals surface area contributed by atoms with Gasteiger partial charge in [0.1, 0.15) is 11.8 Å². The largest absolute Gasteiger partial charge is 0.506 e. The van der Waals surface area contributed by atoms with Gasteiger partial charge in [-0.2, -0.15) is 0 Å². The van der Waals surface area contributed by atoms with E-state index in [2.05, 4.69) is 9.97 Å². The van der Waals surface area contributed by atoms with Crippen molar-refractivity contribution in [3.05, 3.63) is 6.33 Å². The van der Waals surface area contributed by atoms with E-state index in [1.807, 2.05) is 0 Å². The predicted molar refractivity (Wildman–Crippen MR) is 70.9 cm³/mol. The van der Waals surface area contributed by atoms with Crippen LogP contribution in [0.2, 0.25) is 0 Å². The van der Waals surface area contributed by atoms with E-state index in [1.165, 1.54) is 0 Å². The maximum atomic E-state index is 7.26. The third-order valence-corrected chi connectivity index (χ3v) is 3.49. The maximum Gasteiger partial charge on any atom is 0.506 e. The summed E-state index contributed by atoms with van der Waals surface area (Å²) in [5.41, 5.74) is -1.65. The third kappa shape index (κ3) is 2.28. The van der Waals surface area contributed by atoms with Gasteiger partial charge in [0.2, 0.25) is 11.8 Å². The van der Waals surface area contributed by atoms with Crippen molar-refractivity contribution < 1.29 is 27.0 Å². The van der Waals surface area contributed by atoms with Crippen LogP contribution in [-0.4, -0.2) is 42.4 Å². The average Bonchev–Trinajstić information content (AvgIpc) is 2.53. The fraction of sp³-hybridized carbons (Fsp3) is 0.667. The summed E-state index contributed by atoms with van der Waals surface area (Å²) >= 11 is 0. The SMILES string of the molecule is [2H]C([2H])([2H])Oc1ncnc(OC([2H])([2H])[2H])c1B1OC(C)(C)C(C)(C)O1. The maximum absolute atomic E-state index is 7.26. The van der Waals surface area contributed by atoms with Crippen LogP contribution in [0.3, 0.4) is 0 Å². The van der Waals surface area contributed by atoms with E-state index in [1.54, 1.807) is 27.7 Å². The van der Waals surface area contributed by atoms with Gasteiger partial charge < -0.3 is 18.8 Å². The minimum absolute atomic E-state index is 0.131. The van der Waals surface area contributed by atoms with Gasteiger partial charge in [-0.15, -0.1) is 0 Å². The number of ether oxygens (including phenoxy) is 2. The molecule has 0 amide bonds. The number of hydrogen-bond acceptors (Lipinski definition) is 6. The number of methoxy groups -OCH3 is 2. The Kier molecular flexibility index (Phi) is 1.97. The van der Waals surface area contributed by atoms with E-state index in [9.17, 15) is 0 Å². The van der Waals surface area contributed by atoms with Crippen molar-refractivity contribution in [2.24, 2.45) is 0 Å². The highest BCUT2D eigenvalue weighted by Crippen LogP contribution is 2.37. The van der Waals surface area contributed by atoms with Crippen molar-refractivity contribution in [2.75, 3.05) is 14.1 Å². The zero-order valence-electron chi connectivity index (χ0n) is 17.2. The highest BCUT2D eigenvalue weighted by atomic mass is 16.7. The Balaban J connectivity index is 2.52. The topological polar surface area (TPSA) is 62.7 Å². The van der Waals surface area contributed by atoms with E-state index in [-0.39, 0.29) is 5.46 Å². The quantitative estimate of drug-likeness (QED) is 0.758. The molecule has 0 atom stereocenters. The summed E-state index contributed by atoms with van der Waals surface area (Å²) in [5.74, 6) is -0.791. The summed E-state index contributed by atoms with van der Waals surface area (Å²) in [5, 5.41) is 0. The van der Waals surface area contributed by atoms with Gasteiger partial charge in [0.25, 0.3) is 0 Å². The smallest absolute Gasteiger partial charge is 0.481 e. The molecule has 2 heterocycles. The van der Waals surface area contributed by atoms with Crippen LogP contribution in [0.1, 0.15) is 35.9 Å². The third-order valence-electron chi connectivity index (χ3n) is 3.49. The lowest BCUT2D eigenvalue weighted by Gasteiger charge is -2.32. The van der Waals surface area contributed by atoms with Gasteiger partial charge in [0.15, 0.2) is 0 Å². The second kappa shape index (κ2) is 4.65. The molecule has 0 aromatic carbocycles. The summed E-state index contributed by atoms with van der Waals surface area (Å²) in [6, 6.07) is 0. The van der Waals surface area contributed by atoms with E-state index in [4.69, 9.17) is 27.0 Å². The van der Waals surface area contributed by atoms with Crippen LogP contribution in [0.25, 0.3) is 0 Å². The van der Waals surface area contributed by atoms with E-state index in [0.717, 1.165) is 6.33 Å². The molecule has 0 radical (unpaired) electrons. The molecule has 6 nitrogen and oxygen atoms in total. The molecule has 1 aliphatic rings. The summed E-state index contributed by atoms with van der Waals surface area (Å²) in [6.45, 7) is 7.13. The summed E-state index contributed by atoms with van der Waals surface area (Å²) < 4.78 is 64.9. The second-order valence-corrected chi connectivity index (χ2v) is 5.19. The summed E-state index contributed by atoms with van der Waals surface area (Å²) in [7, 11) is -6.80. The highest BCUT2D eigenvalue weighted by molar-refractivity contribution is 6.64. The van der Waals surface area contributed by atoms with Gasteiger partial charge >= 0.3 is 7.12 Å². The first-order valence-corrected chi connectivity index (χ1v) is 5.70. The fourth-order valence-corrected chi connectivity index (χ4v) is 1.69. The molecule has 1 aliphatic heterocycles. The molecule has 0 saturated carbocycles. The molecular weight excluding hydrogens is 247 g/mol. The first-order valence-electron chi connectivity index (χ1n) is 8.70. The molecule has 0 spiro atoms. The van der Waals surface area contributed by atoms with E-state index < -0.39 is 44.2 Å². The molecule has 1 aromatic heterocycles. The lowest BCUT2D eigenvalue weighted by Crippen LogP contribution is -2.41. The standard InChI is InChI=1S/C12H19BN2O4/c1-11(2)12(3,4)19-13(18-11)8-9(16-5)14-7-15-10(8)17-6/h7H,1-6H3/i5D3,6D3. The zero-order chi connectivity index (χ0) is 19.3. The first kappa shape index (κ1) is 8.06. The highest BCUT2D eigenvalue weighted by Gasteiger charge is 2.54. The van der Waals surface area contributed by atoms with Crippen molar-refractivity contribution in [3.8, 4) is 11.8 Å². The van der Waals surface area contributed by atoms with Gasteiger partial charge in [-0.25, -0.2) is 9.97 Å². The molecular formula is C12H19BN2O4. The van der Waals surface area contributed by atoms with Gasteiger partial charge in [-0.1, -0.05) is 0 Å². The lowest BCUT2D eigenvalue weighted by atomic mass is 9.80. The molecule has 19 heavy (non-hydrogen) atoms. The Bertz CT molecular complexity index is 599. The first-order chi connectivity index (χ1) is 11.1. The minimum Gasteiger partial charge on any atom is -0.481 e. The van der Waals surface area contributed by atoms with Gasteiger partial charge in [0.05, 0.1) is 33.5 Å². The minimum atomic E-state index is -2.82. The molecule has 1 saturated heterocycles. The molecule has 0 N–H and O–H groups in total. The second-order valence-electron chi connectivity index (χ2n) is 5.19. The Morgan fingerprint density at radius 2 is 1.53 bits per heavy atom. The Labute approximate surface area is 122 Å². The Morgan fingerprint density at radius 3 is 1.95 bits per heavy atom. The summed E-state index contributed by atoms with van der Waals surface area (Å²) in [4.78, 5) is 7.56. The monoisotopic (exact) mass is 272 g/mol. The van der Waals surface area contributed by atoms with Gasteiger partial charge in [-0.3, -0.25) is 0 Å². The number of aromatic nitrogens is 2. The average molecular weight is 272 g/mol. The Hall–Kier alpha value is -1.34. The van der Waals surface area contributed by atoms with Crippen LogP contribution in [0.5, 0.6) is 11.8 Å². The molecule has 0 unspecified atom stereocenters. The van der Waals surface area contributed by atoms with Crippen LogP contribution < -0.4 is 14.9 Å². The fourth-order valence-electron chi connectivity index (χ4n) is 1.69. The molecule has 0 bridgehead atoms. The van der Waals surface area contributed by atoms with Gasteiger partial charge in [-0.05, 0) is 27.7 Å². The predicted octanol–water partition coefficient (Wildman–Crippen LogP) is 0.793. The van der Waals surface area contributed by atoms with Gasteiger partial charge in [0, 0.05) is 0 Å². The van der Waals surface area contributed by atoms with Crippen molar-refractivity contribution in [1.29, 1.82) is 0 Å². The Morgan fingerprint density at radius 1 is 1.05 bits per heavy atom. The van der Waals surface area contributed by atoms with Crippen molar-refractivity contribution in [1.82, 2.24) is 9.97 Å². The lowest BCUT2D eigenvalue weighted by molar-refractivity contribution is 0.00578. The van der Waals surface area contributed by atoms with Crippen molar-refractivity contribution >= 4 is 12.6 Å². The number of rotatable bonds is 3. The van der Waals surface area contributed by atoms with E-state index in [0.29, 0.717) is 0 Å². The van der Waals surface area contributed by atoms with E-state index >= 15 is 0 Å². The number of hydrogen-bond donors (Lipinski definition) is 0. The normalized spacial score (nSPS) is 26.4. The number of nitrogens with zero attached hydrogens (tertiary/aromatic N) is 2. The molecule has 1 aromatic rings. The van der Waals surface area contributed by atoms with Crippen LogP contribution in [-0.2, 0) is 9.31 Å². The van der Waals surface area contributed by atoms with Crippen molar-refractivity contribution in [3.63, 3.8) is 0 Å². The molecule has 0 aliphatic carbocycles. The molecule has 2 rings (SSSR count). The van der Waals surface area contributed by atoms with Crippen LogP contribution >= 0.6 is 0 Å². The van der Waals surface area contributed by atoms with Crippen LogP contribution in [0.15, 0.2) is 6.33 Å². The zero-order valence-corrected chi connectivity index (χ0v) is 11.2. The summed E-state index contributed by atoms with van der Waals surface area (Å²) in [6.07, 6.45) is 0.941. The van der Waals surface area contributed by atoms with Crippen LogP contribution in [0.4, 0.5) is 0 Å². The molecule has 104 valence electrons.